The molecule has 1 N–H and O–H groups in total. The Morgan fingerprint density at radius 2 is 1.95 bits per heavy atom. The highest BCUT2D eigenvalue weighted by Crippen LogP contribution is 2.36. The number of hydrogen-bond donors (Lipinski definition) is 1. The number of aromatic nitrogens is 3. The van der Waals surface area contributed by atoms with E-state index in [0.717, 1.165) is 5.16 Å². The summed E-state index contributed by atoms with van der Waals surface area (Å²) in [6.07, 6.45) is 0.960. The molecule has 0 bridgehead atoms. The molecule has 0 amide bonds. The lowest BCUT2D eigenvalue weighted by molar-refractivity contribution is 0.122. The summed E-state index contributed by atoms with van der Waals surface area (Å²) in [7, 11) is 4.97. The maximum absolute atomic E-state index is 10.0. The van der Waals surface area contributed by atoms with Crippen LogP contribution in [0.25, 0.3) is 0 Å². The van der Waals surface area contributed by atoms with Gasteiger partial charge in [0, 0.05) is 12.8 Å². The minimum Gasteiger partial charge on any atom is -0.493 e. The van der Waals surface area contributed by atoms with Gasteiger partial charge in [-0.05, 0) is 12.1 Å². The second-order valence-corrected chi connectivity index (χ2v) is 5.48. The van der Waals surface area contributed by atoms with Crippen LogP contribution < -0.4 is 14.2 Å². The molecule has 120 valence electrons. The molecule has 0 fully saturated rings. The van der Waals surface area contributed by atoms with E-state index >= 15 is 0 Å². The molecule has 8 heteroatoms. The predicted octanol–water partition coefficient (Wildman–Crippen LogP) is 1.36. The van der Waals surface area contributed by atoms with Crippen LogP contribution in [0.4, 0.5) is 0 Å². The molecule has 7 nitrogen and oxygen atoms in total. The number of aliphatic hydroxyl groups is 1. The number of nitrogens with zero attached hydrogens (tertiary/aromatic N) is 3. The van der Waals surface area contributed by atoms with Crippen molar-refractivity contribution in [2.45, 2.75) is 11.3 Å². The first kappa shape index (κ1) is 16.4. The van der Waals surface area contributed by atoms with E-state index in [9.17, 15) is 5.11 Å². The first-order valence-electron chi connectivity index (χ1n) is 6.64. The van der Waals surface area contributed by atoms with Crippen molar-refractivity contribution in [1.82, 2.24) is 14.8 Å². The van der Waals surface area contributed by atoms with E-state index in [0.29, 0.717) is 23.0 Å². The molecular formula is C14H19N3O4S. The Bertz CT molecular complexity index is 583. The normalized spacial score (nSPS) is 12.0. The minimum absolute atomic E-state index is 0.127. The van der Waals surface area contributed by atoms with Crippen LogP contribution in [0.15, 0.2) is 29.7 Å². The smallest absolute Gasteiger partial charge is 0.203 e. The van der Waals surface area contributed by atoms with Crippen molar-refractivity contribution < 1.29 is 19.3 Å². The maximum atomic E-state index is 10.0. The van der Waals surface area contributed by atoms with Crippen LogP contribution in [0.5, 0.6) is 17.2 Å². The van der Waals surface area contributed by atoms with Gasteiger partial charge in [-0.15, -0.1) is 10.2 Å². The Kier molecular flexibility index (Phi) is 5.91. The van der Waals surface area contributed by atoms with Gasteiger partial charge >= 0.3 is 0 Å². The van der Waals surface area contributed by atoms with Crippen molar-refractivity contribution in [3.8, 4) is 17.2 Å². The van der Waals surface area contributed by atoms with Gasteiger partial charge in [0.2, 0.25) is 5.75 Å². The van der Waals surface area contributed by atoms with Crippen LogP contribution >= 0.6 is 11.8 Å². The van der Waals surface area contributed by atoms with E-state index in [2.05, 4.69) is 10.2 Å². The summed E-state index contributed by atoms with van der Waals surface area (Å²) in [5, 5.41) is 18.5. The molecule has 1 aromatic carbocycles. The van der Waals surface area contributed by atoms with Gasteiger partial charge in [-0.25, -0.2) is 0 Å². The summed E-state index contributed by atoms with van der Waals surface area (Å²) in [4.78, 5) is 0. The molecule has 1 unspecified atom stereocenters. The van der Waals surface area contributed by atoms with Crippen molar-refractivity contribution in [3.63, 3.8) is 0 Å². The standard InChI is InChI=1S/C14H19N3O4S/c1-17-9-15-16-14(17)22-8-10(18)7-21-13-11(19-2)5-4-6-12(13)20-3/h4-6,9-10,18H,7-8H2,1-3H3. The molecule has 1 atom stereocenters. The Morgan fingerprint density at radius 1 is 1.27 bits per heavy atom. The summed E-state index contributed by atoms with van der Waals surface area (Å²) >= 11 is 1.41. The van der Waals surface area contributed by atoms with E-state index in [4.69, 9.17) is 14.2 Å². The molecule has 1 aromatic heterocycles. The molecule has 2 rings (SSSR count). The molecule has 0 saturated heterocycles. The fourth-order valence-electron chi connectivity index (χ4n) is 1.76. The van der Waals surface area contributed by atoms with Gasteiger partial charge in [-0.2, -0.15) is 0 Å². The van der Waals surface area contributed by atoms with E-state index in [1.807, 2.05) is 13.1 Å². The molecule has 2 aromatic rings. The number of aryl methyl sites for hydroxylation is 1. The SMILES string of the molecule is COc1cccc(OC)c1OCC(O)CSc1nncn1C. The third-order valence-electron chi connectivity index (χ3n) is 2.88. The summed E-state index contributed by atoms with van der Waals surface area (Å²) < 4.78 is 17.9. The number of methoxy groups -OCH3 is 2. The quantitative estimate of drug-likeness (QED) is 0.734. The fourth-order valence-corrected chi connectivity index (χ4v) is 2.55. The highest BCUT2D eigenvalue weighted by molar-refractivity contribution is 7.99. The van der Waals surface area contributed by atoms with Crippen molar-refractivity contribution in [1.29, 1.82) is 0 Å². The van der Waals surface area contributed by atoms with Crippen molar-refractivity contribution in [2.75, 3.05) is 26.6 Å². The van der Waals surface area contributed by atoms with Gasteiger partial charge in [0.15, 0.2) is 16.7 Å². The van der Waals surface area contributed by atoms with Gasteiger partial charge in [0.1, 0.15) is 12.9 Å². The van der Waals surface area contributed by atoms with Gasteiger partial charge in [0.25, 0.3) is 0 Å². The van der Waals surface area contributed by atoms with Crippen molar-refractivity contribution in [3.05, 3.63) is 24.5 Å². The first-order valence-corrected chi connectivity index (χ1v) is 7.63. The second-order valence-electron chi connectivity index (χ2n) is 4.49. The lowest BCUT2D eigenvalue weighted by Gasteiger charge is -2.16. The third-order valence-corrected chi connectivity index (χ3v) is 4.06. The maximum Gasteiger partial charge on any atom is 0.203 e. The molecule has 0 radical (unpaired) electrons. The lowest BCUT2D eigenvalue weighted by atomic mass is 10.3. The van der Waals surface area contributed by atoms with Crippen molar-refractivity contribution >= 4 is 11.8 Å². The second kappa shape index (κ2) is 7.90. The zero-order valence-electron chi connectivity index (χ0n) is 12.7. The van der Waals surface area contributed by atoms with Crippen molar-refractivity contribution in [2.24, 2.45) is 7.05 Å². The summed E-state index contributed by atoms with van der Waals surface area (Å²) in [5.41, 5.74) is 0. The fraction of sp³-hybridized carbons (Fsp3) is 0.429. The highest BCUT2D eigenvalue weighted by Gasteiger charge is 2.14. The number of para-hydroxylation sites is 1. The summed E-state index contributed by atoms with van der Waals surface area (Å²) in [5.74, 6) is 2.06. The van der Waals surface area contributed by atoms with Crippen LogP contribution in [-0.2, 0) is 7.05 Å². The average Bonchev–Trinajstić information content (AvgIpc) is 2.95. The number of hydrogen-bond acceptors (Lipinski definition) is 7. The first-order chi connectivity index (χ1) is 10.7. The number of benzene rings is 1. The summed E-state index contributed by atoms with van der Waals surface area (Å²) in [6, 6.07) is 5.36. The molecule has 0 saturated carbocycles. The molecule has 0 aliphatic heterocycles. The predicted molar refractivity (Wildman–Crippen MR) is 82.8 cm³/mol. The highest BCUT2D eigenvalue weighted by atomic mass is 32.2. The third kappa shape index (κ3) is 4.05. The Morgan fingerprint density at radius 3 is 2.50 bits per heavy atom. The topological polar surface area (TPSA) is 78.6 Å². The zero-order chi connectivity index (χ0) is 15.9. The van der Waals surface area contributed by atoms with Gasteiger partial charge < -0.3 is 23.9 Å². The zero-order valence-corrected chi connectivity index (χ0v) is 13.5. The number of aliphatic hydroxyl groups excluding tert-OH is 1. The molecule has 1 heterocycles. The van der Waals surface area contributed by atoms with Gasteiger partial charge in [-0.3, -0.25) is 0 Å². The molecule has 0 spiro atoms. The van der Waals surface area contributed by atoms with E-state index in [1.165, 1.54) is 11.8 Å². The summed E-state index contributed by atoms with van der Waals surface area (Å²) in [6.45, 7) is 0.127. The lowest BCUT2D eigenvalue weighted by Crippen LogP contribution is -2.20. The molecular weight excluding hydrogens is 306 g/mol. The van der Waals surface area contributed by atoms with Gasteiger partial charge in [-0.1, -0.05) is 17.8 Å². The van der Waals surface area contributed by atoms with Crippen LogP contribution in [0, 0.1) is 0 Å². The van der Waals surface area contributed by atoms with Crippen LogP contribution in [-0.4, -0.2) is 52.6 Å². The Labute approximate surface area is 133 Å². The molecule has 22 heavy (non-hydrogen) atoms. The van der Waals surface area contributed by atoms with Crippen LogP contribution in [0.1, 0.15) is 0 Å². The molecule has 0 aliphatic carbocycles. The van der Waals surface area contributed by atoms with Crippen LogP contribution in [0.2, 0.25) is 0 Å². The Balaban J connectivity index is 1.91. The molecule has 0 aliphatic rings. The Hall–Kier alpha value is -1.93. The number of ether oxygens (including phenoxy) is 3. The van der Waals surface area contributed by atoms with Gasteiger partial charge in [0.05, 0.1) is 20.3 Å². The largest absolute Gasteiger partial charge is 0.493 e. The number of thioether (sulfide) groups is 1. The van der Waals surface area contributed by atoms with Crippen LogP contribution in [0.3, 0.4) is 0 Å². The number of rotatable bonds is 8. The minimum atomic E-state index is -0.656. The van der Waals surface area contributed by atoms with E-state index in [1.54, 1.807) is 37.2 Å². The monoisotopic (exact) mass is 325 g/mol. The van der Waals surface area contributed by atoms with E-state index in [-0.39, 0.29) is 6.61 Å². The average molecular weight is 325 g/mol. The van der Waals surface area contributed by atoms with E-state index < -0.39 is 6.10 Å².